The van der Waals surface area contributed by atoms with Crippen molar-refractivity contribution in [3.05, 3.63) is 70.1 Å². The highest BCUT2D eigenvalue weighted by atomic mass is 32.1. The van der Waals surface area contributed by atoms with Crippen molar-refractivity contribution in [1.29, 1.82) is 0 Å². The van der Waals surface area contributed by atoms with Crippen LogP contribution in [-0.2, 0) is 9.59 Å². The van der Waals surface area contributed by atoms with Gasteiger partial charge < -0.3 is 14.6 Å². The van der Waals surface area contributed by atoms with Gasteiger partial charge in [-0.15, -0.1) is 10.2 Å². The van der Waals surface area contributed by atoms with Crippen LogP contribution in [0, 0.1) is 13.8 Å². The molecule has 1 amide bonds. The molecule has 1 aliphatic rings. The molecule has 11 heteroatoms. The van der Waals surface area contributed by atoms with Crippen molar-refractivity contribution >= 4 is 39.6 Å². The van der Waals surface area contributed by atoms with E-state index in [0.717, 1.165) is 19.3 Å². The molecule has 1 aliphatic heterocycles. The summed E-state index contributed by atoms with van der Waals surface area (Å²) in [6, 6.07) is 9.78. The van der Waals surface area contributed by atoms with Crippen LogP contribution in [0.2, 0.25) is 0 Å². The molecule has 1 fully saturated rings. The van der Waals surface area contributed by atoms with E-state index in [-0.39, 0.29) is 16.5 Å². The summed E-state index contributed by atoms with van der Waals surface area (Å²) in [5.41, 5.74) is 1.96. The minimum Gasteiger partial charge on any atom is -0.505 e. The summed E-state index contributed by atoms with van der Waals surface area (Å²) >= 11 is 1.19. The number of Topliss-reactive ketones (excluding diaryl/α,β-unsaturated/α-hetero) is 1. The Kier molecular flexibility index (Phi) is 7.83. The van der Waals surface area contributed by atoms with Crippen LogP contribution in [-0.4, -0.2) is 49.6 Å². The molecular formula is C29H31N5O5S. The number of nitrogens with zero attached hydrogens (tertiary/aromatic N) is 5. The van der Waals surface area contributed by atoms with Gasteiger partial charge in [-0.1, -0.05) is 43.2 Å². The first-order valence-electron chi connectivity index (χ1n) is 13.3. The summed E-state index contributed by atoms with van der Waals surface area (Å²) in [5.74, 6) is -0.879. The summed E-state index contributed by atoms with van der Waals surface area (Å²) in [7, 11) is 0. The Bertz CT molecular complexity index is 1610. The Labute approximate surface area is 235 Å². The highest BCUT2D eigenvalue weighted by Crippen LogP contribution is 2.45. The maximum absolute atomic E-state index is 13.6. The van der Waals surface area contributed by atoms with Crippen LogP contribution in [0.25, 0.3) is 11.4 Å². The fraction of sp³-hybridized carbons (Fsp3) is 0.345. The van der Waals surface area contributed by atoms with E-state index >= 15 is 0 Å². The second kappa shape index (κ2) is 11.5. The first kappa shape index (κ1) is 27.3. The molecule has 3 aromatic heterocycles. The van der Waals surface area contributed by atoms with E-state index in [4.69, 9.17) is 9.47 Å². The van der Waals surface area contributed by atoms with Gasteiger partial charge in [0.1, 0.15) is 16.3 Å². The molecular weight excluding hydrogens is 530 g/mol. The predicted octanol–water partition coefficient (Wildman–Crippen LogP) is 5.40. The number of fused-ring (bicyclic) bond motifs is 1. The number of carbonyl (C=O) groups is 2. The average Bonchev–Trinajstić information content (AvgIpc) is 3.59. The van der Waals surface area contributed by atoms with Gasteiger partial charge in [0.2, 0.25) is 5.13 Å². The highest BCUT2D eigenvalue weighted by molar-refractivity contribution is 7.15. The van der Waals surface area contributed by atoms with Gasteiger partial charge in [0.05, 0.1) is 30.5 Å². The van der Waals surface area contributed by atoms with E-state index in [2.05, 4.69) is 22.1 Å². The number of rotatable bonds is 10. The number of aliphatic hydroxyl groups is 1. The van der Waals surface area contributed by atoms with E-state index < -0.39 is 17.7 Å². The number of amides is 1. The third kappa shape index (κ3) is 4.92. The zero-order valence-corrected chi connectivity index (χ0v) is 23.7. The second-order valence-corrected chi connectivity index (χ2v) is 10.6. The number of hydrogen-bond donors (Lipinski definition) is 1. The molecule has 4 heterocycles. The van der Waals surface area contributed by atoms with Gasteiger partial charge in [0.15, 0.2) is 17.3 Å². The monoisotopic (exact) mass is 561 g/mol. The number of benzene rings is 1. The van der Waals surface area contributed by atoms with Gasteiger partial charge in [0, 0.05) is 6.20 Å². The van der Waals surface area contributed by atoms with Gasteiger partial charge in [-0.2, -0.15) is 0 Å². The quantitative estimate of drug-likeness (QED) is 0.118. The first-order chi connectivity index (χ1) is 19.3. The summed E-state index contributed by atoms with van der Waals surface area (Å²) in [5, 5.41) is 20.8. The summed E-state index contributed by atoms with van der Waals surface area (Å²) < 4.78 is 13.6. The van der Waals surface area contributed by atoms with Crippen molar-refractivity contribution in [2.45, 2.75) is 53.0 Å². The van der Waals surface area contributed by atoms with Crippen LogP contribution in [0.5, 0.6) is 11.5 Å². The second-order valence-electron chi connectivity index (χ2n) is 9.44. The number of aryl methyl sites for hydroxylation is 2. The average molecular weight is 562 g/mol. The maximum atomic E-state index is 13.6. The third-order valence-electron chi connectivity index (χ3n) is 6.68. The number of aliphatic hydroxyl groups excluding tert-OH is 1. The lowest BCUT2D eigenvalue weighted by Gasteiger charge is -2.23. The zero-order chi connectivity index (χ0) is 28.4. The number of pyridine rings is 1. The van der Waals surface area contributed by atoms with Crippen molar-refractivity contribution in [3.63, 3.8) is 0 Å². The minimum absolute atomic E-state index is 0.0642. The number of ether oxygens (including phenoxy) is 2. The van der Waals surface area contributed by atoms with Crippen LogP contribution in [0.3, 0.4) is 0 Å². The molecule has 0 radical (unpaired) electrons. The largest absolute Gasteiger partial charge is 0.505 e. The van der Waals surface area contributed by atoms with Gasteiger partial charge in [-0.3, -0.25) is 18.9 Å². The van der Waals surface area contributed by atoms with Crippen molar-refractivity contribution < 1.29 is 24.2 Å². The molecule has 0 aliphatic carbocycles. The number of aromatic nitrogens is 4. The molecule has 4 aromatic rings. The van der Waals surface area contributed by atoms with Crippen molar-refractivity contribution in [2.75, 3.05) is 18.1 Å². The standard InChI is InChI=1S/C29H31N5O5S/c1-5-7-10-15-39-20-13-12-19(16-21(20)38-6-2)25-23(27(36)28(37)34(25)29-32-31-18(4)40-29)26(35)24-17(3)30-22-11-8-9-14-33(22)24/h8-9,11-14,16,25,35H,5-7,10,15H2,1-4H3. The number of hydrogen-bond acceptors (Lipinski definition) is 9. The normalized spacial score (nSPS) is 16.7. The van der Waals surface area contributed by atoms with Crippen LogP contribution in [0.4, 0.5) is 5.13 Å². The Morgan fingerprint density at radius 2 is 1.88 bits per heavy atom. The van der Waals surface area contributed by atoms with Crippen molar-refractivity contribution in [2.24, 2.45) is 0 Å². The fourth-order valence-electron chi connectivity index (χ4n) is 4.87. The third-order valence-corrected chi connectivity index (χ3v) is 7.52. The molecule has 40 heavy (non-hydrogen) atoms. The predicted molar refractivity (Wildman–Crippen MR) is 152 cm³/mol. The van der Waals surface area contributed by atoms with Crippen LogP contribution in [0.15, 0.2) is 48.2 Å². The van der Waals surface area contributed by atoms with Crippen LogP contribution >= 0.6 is 11.3 Å². The molecule has 1 saturated heterocycles. The zero-order valence-electron chi connectivity index (χ0n) is 22.9. The lowest BCUT2D eigenvalue weighted by atomic mass is 9.96. The van der Waals surface area contributed by atoms with Crippen molar-refractivity contribution in [3.8, 4) is 11.5 Å². The maximum Gasteiger partial charge on any atom is 0.301 e. The lowest BCUT2D eigenvalue weighted by molar-refractivity contribution is -0.132. The fourth-order valence-corrected chi connectivity index (χ4v) is 5.59. The van der Waals surface area contributed by atoms with E-state index in [0.29, 0.717) is 52.3 Å². The lowest BCUT2D eigenvalue weighted by Crippen LogP contribution is -2.29. The highest BCUT2D eigenvalue weighted by Gasteiger charge is 2.49. The topological polar surface area (TPSA) is 119 Å². The molecule has 0 saturated carbocycles. The van der Waals surface area contributed by atoms with Crippen molar-refractivity contribution in [1.82, 2.24) is 19.6 Å². The van der Waals surface area contributed by atoms with E-state index in [9.17, 15) is 14.7 Å². The molecule has 1 N–H and O–H groups in total. The van der Waals surface area contributed by atoms with Gasteiger partial charge >= 0.3 is 5.91 Å². The Hall–Kier alpha value is -4.25. The first-order valence-corrected chi connectivity index (χ1v) is 14.1. The molecule has 10 nitrogen and oxygen atoms in total. The SMILES string of the molecule is CCCCCOc1ccc(C2C(=C(O)c3c(C)nc4ccccn34)C(=O)C(=O)N2c2nnc(C)s2)cc1OCC. The van der Waals surface area contributed by atoms with E-state index in [1.54, 1.807) is 54.8 Å². The van der Waals surface area contributed by atoms with Gasteiger partial charge in [0.25, 0.3) is 5.78 Å². The molecule has 0 bridgehead atoms. The van der Waals surface area contributed by atoms with Crippen LogP contribution < -0.4 is 14.4 Å². The van der Waals surface area contributed by atoms with E-state index in [1.165, 1.54) is 16.2 Å². The number of unbranched alkanes of at least 4 members (excludes halogenated alkanes) is 2. The Morgan fingerprint density at radius 3 is 2.60 bits per heavy atom. The number of carbonyl (C=O) groups excluding carboxylic acids is 2. The molecule has 1 aromatic carbocycles. The number of imidazole rings is 1. The van der Waals surface area contributed by atoms with E-state index in [1.807, 2.05) is 13.0 Å². The van der Waals surface area contributed by atoms with Gasteiger partial charge in [-0.25, -0.2) is 4.98 Å². The molecule has 5 rings (SSSR count). The number of ketones is 1. The Balaban J connectivity index is 1.68. The number of anilines is 1. The summed E-state index contributed by atoms with van der Waals surface area (Å²) in [4.78, 5) is 32.9. The smallest absolute Gasteiger partial charge is 0.301 e. The molecule has 208 valence electrons. The summed E-state index contributed by atoms with van der Waals surface area (Å²) in [6.07, 6.45) is 4.80. The molecule has 1 atom stereocenters. The van der Waals surface area contributed by atoms with Crippen LogP contribution in [0.1, 0.15) is 61.1 Å². The minimum atomic E-state index is -0.977. The Morgan fingerprint density at radius 1 is 1.05 bits per heavy atom. The summed E-state index contributed by atoms with van der Waals surface area (Å²) in [6.45, 7) is 8.46. The molecule has 0 spiro atoms. The van der Waals surface area contributed by atoms with Gasteiger partial charge in [-0.05, 0) is 57.0 Å². The molecule has 1 unspecified atom stereocenters.